The van der Waals surface area contributed by atoms with Crippen LogP contribution in [-0.2, 0) is 6.42 Å². The SMILES string of the molecule is CC(CF)Cc1cc(Cl)nnc1Cl. The van der Waals surface area contributed by atoms with Gasteiger partial charge in [-0.25, -0.2) is 0 Å². The van der Waals surface area contributed by atoms with Crippen LogP contribution in [0.4, 0.5) is 4.39 Å². The van der Waals surface area contributed by atoms with Crippen molar-refractivity contribution in [1.29, 1.82) is 0 Å². The van der Waals surface area contributed by atoms with Crippen LogP contribution >= 0.6 is 23.2 Å². The third-order valence-corrected chi connectivity index (χ3v) is 2.13. The summed E-state index contributed by atoms with van der Waals surface area (Å²) >= 11 is 11.4. The molecule has 1 aromatic rings. The highest BCUT2D eigenvalue weighted by molar-refractivity contribution is 6.31. The van der Waals surface area contributed by atoms with Crippen molar-refractivity contribution < 1.29 is 4.39 Å². The molecule has 5 heteroatoms. The first-order valence-corrected chi connectivity index (χ1v) is 4.62. The second kappa shape index (κ2) is 4.72. The van der Waals surface area contributed by atoms with Crippen LogP contribution in [0.25, 0.3) is 0 Å². The lowest BCUT2D eigenvalue weighted by atomic mass is 10.0. The maximum atomic E-state index is 12.2. The zero-order valence-electron chi connectivity index (χ0n) is 7.10. The number of alkyl halides is 1. The fourth-order valence-corrected chi connectivity index (χ4v) is 1.30. The lowest BCUT2D eigenvalue weighted by Crippen LogP contribution is -2.03. The van der Waals surface area contributed by atoms with Crippen LogP contribution in [0.3, 0.4) is 0 Å². The minimum absolute atomic E-state index is 0.0715. The molecule has 1 aromatic heterocycles. The first-order valence-electron chi connectivity index (χ1n) is 3.87. The van der Waals surface area contributed by atoms with Gasteiger partial charge < -0.3 is 0 Å². The summed E-state index contributed by atoms with van der Waals surface area (Å²) < 4.78 is 12.2. The third kappa shape index (κ3) is 3.08. The molecule has 0 fully saturated rings. The van der Waals surface area contributed by atoms with Crippen molar-refractivity contribution in [3.8, 4) is 0 Å². The lowest BCUT2D eigenvalue weighted by molar-refractivity contribution is 0.381. The maximum Gasteiger partial charge on any atom is 0.155 e. The molecule has 1 heterocycles. The average Bonchev–Trinajstić information content (AvgIpc) is 2.11. The summed E-state index contributed by atoms with van der Waals surface area (Å²) in [6.45, 7) is 1.42. The van der Waals surface area contributed by atoms with Gasteiger partial charge in [0.25, 0.3) is 0 Å². The second-order valence-electron chi connectivity index (χ2n) is 2.95. The van der Waals surface area contributed by atoms with Gasteiger partial charge in [0.15, 0.2) is 10.3 Å². The lowest BCUT2D eigenvalue weighted by Gasteiger charge is -2.07. The van der Waals surface area contributed by atoms with Crippen molar-refractivity contribution in [2.75, 3.05) is 6.67 Å². The zero-order valence-corrected chi connectivity index (χ0v) is 8.61. The fourth-order valence-electron chi connectivity index (χ4n) is 0.961. The summed E-state index contributed by atoms with van der Waals surface area (Å²) in [6, 6.07) is 1.61. The number of rotatable bonds is 3. The second-order valence-corrected chi connectivity index (χ2v) is 3.69. The molecule has 0 bridgehead atoms. The Bertz CT molecular complexity index is 293. The number of nitrogens with zero attached hydrogens (tertiary/aromatic N) is 2. The minimum Gasteiger partial charge on any atom is -0.251 e. The van der Waals surface area contributed by atoms with Gasteiger partial charge in [-0.1, -0.05) is 30.1 Å². The first kappa shape index (κ1) is 10.7. The number of hydrogen-bond acceptors (Lipinski definition) is 2. The topological polar surface area (TPSA) is 25.8 Å². The van der Waals surface area contributed by atoms with Gasteiger partial charge in [0, 0.05) is 0 Å². The van der Waals surface area contributed by atoms with Crippen LogP contribution in [0.15, 0.2) is 6.07 Å². The predicted octanol–water partition coefficient (Wildman–Crippen LogP) is 2.93. The number of halogens is 3. The van der Waals surface area contributed by atoms with E-state index in [0.717, 1.165) is 5.56 Å². The highest BCUT2D eigenvalue weighted by Crippen LogP contribution is 2.18. The highest BCUT2D eigenvalue weighted by atomic mass is 35.5. The number of hydrogen-bond donors (Lipinski definition) is 0. The Morgan fingerprint density at radius 3 is 2.77 bits per heavy atom. The van der Waals surface area contributed by atoms with Gasteiger partial charge in [-0.3, -0.25) is 4.39 Å². The largest absolute Gasteiger partial charge is 0.251 e. The van der Waals surface area contributed by atoms with E-state index < -0.39 is 0 Å². The van der Waals surface area contributed by atoms with Gasteiger partial charge in [-0.05, 0) is 24.0 Å². The van der Waals surface area contributed by atoms with Crippen LogP contribution < -0.4 is 0 Å². The molecule has 13 heavy (non-hydrogen) atoms. The minimum atomic E-state index is -0.379. The molecule has 0 aromatic carbocycles. The molecule has 0 saturated carbocycles. The van der Waals surface area contributed by atoms with Crippen LogP contribution in [-0.4, -0.2) is 16.9 Å². The van der Waals surface area contributed by atoms with E-state index in [4.69, 9.17) is 23.2 Å². The zero-order chi connectivity index (χ0) is 9.84. The molecule has 2 nitrogen and oxygen atoms in total. The molecule has 0 aliphatic carbocycles. The standard InChI is InChI=1S/C8H9Cl2FN2/c1-5(4-11)2-6-3-7(9)12-13-8(6)10/h3,5H,2,4H2,1H3. The molecule has 1 rings (SSSR count). The Kier molecular flexibility index (Phi) is 3.88. The first-order chi connectivity index (χ1) is 6.13. The van der Waals surface area contributed by atoms with Crippen molar-refractivity contribution in [1.82, 2.24) is 10.2 Å². The van der Waals surface area contributed by atoms with Crippen molar-refractivity contribution in [3.05, 3.63) is 21.9 Å². The normalized spacial score (nSPS) is 12.9. The Hall–Kier alpha value is -0.410. The Morgan fingerprint density at radius 2 is 2.15 bits per heavy atom. The highest BCUT2D eigenvalue weighted by Gasteiger charge is 2.08. The monoisotopic (exact) mass is 222 g/mol. The summed E-state index contributed by atoms with van der Waals surface area (Å²) in [5.74, 6) is -0.0715. The third-order valence-electron chi connectivity index (χ3n) is 1.62. The van der Waals surface area contributed by atoms with Crippen LogP contribution in [0, 0.1) is 5.92 Å². The molecule has 1 atom stereocenters. The summed E-state index contributed by atoms with van der Waals surface area (Å²) in [5, 5.41) is 7.77. The van der Waals surface area contributed by atoms with Gasteiger partial charge in [-0.2, -0.15) is 0 Å². The fraction of sp³-hybridized carbons (Fsp3) is 0.500. The van der Waals surface area contributed by atoms with Gasteiger partial charge in [0.05, 0.1) is 6.67 Å². The smallest absolute Gasteiger partial charge is 0.155 e. The molecule has 1 unspecified atom stereocenters. The van der Waals surface area contributed by atoms with Gasteiger partial charge >= 0.3 is 0 Å². The molecule has 0 aliphatic heterocycles. The van der Waals surface area contributed by atoms with E-state index in [9.17, 15) is 4.39 Å². The van der Waals surface area contributed by atoms with E-state index >= 15 is 0 Å². The van der Waals surface area contributed by atoms with Crippen molar-refractivity contribution in [2.45, 2.75) is 13.3 Å². The van der Waals surface area contributed by atoms with Gasteiger partial charge in [0.2, 0.25) is 0 Å². The molecular weight excluding hydrogens is 214 g/mol. The molecule has 0 radical (unpaired) electrons. The van der Waals surface area contributed by atoms with E-state index in [1.807, 2.05) is 0 Å². The summed E-state index contributed by atoms with van der Waals surface area (Å²) in [6.07, 6.45) is 0.532. The van der Waals surface area contributed by atoms with E-state index in [1.54, 1.807) is 13.0 Å². The van der Waals surface area contributed by atoms with Crippen molar-refractivity contribution in [2.24, 2.45) is 5.92 Å². The van der Waals surface area contributed by atoms with Gasteiger partial charge in [-0.15, -0.1) is 10.2 Å². The van der Waals surface area contributed by atoms with Crippen molar-refractivity contribution in [3.63, 3.8) is 0 Å². The summed E-state index contributed by atoms with van der Waals surface area (Å²) in [7, 11) is 0. The van der Waals surface area contributed by atoms with E-state index in [2.05, 4.69) is 10.2 Å². The Labute approximate surface area is 86.1 Å². The molecule has 0 spiro atoms. The molecule has 0 saturated heterocycles. The average molecular weight is 223 g/mol. The predicted molar refractivity (Wildman–Crippen MR) is 50.9 cm³/mol. The summed E-state index contributed by atoms with van der Waals surface area (Å²) in [4.78, 5) is 0. The molecule has 0 N–H and O–H groups in total. The number of aromatic nitrogens is 2. The van der Waals surface area contributed by atoms with E-state index in [1.165, 1.54) is 0 Å². The van der Waals surface area contributed by atoms with Crippen molar-refractivity contribution >= 4 is 23.2 Å². The Balaban J connectivity index is 2.81. The molecule has 72 valence electrons. The molecule has 0 amide bonds. The van der Waals surface area contributed by atoms with E-state index in [-0.39, 0.29) is 17.7 Å². The van der Waals surface area contributed by atoms with Gasteiger partial charge in [0.1, 0.15) is 0 Å². The summed E-state index contributed by atoms with van der Waals surface area (Å²) in [5.41, 5.74) is 0.742. The van der Waals surface area contributed by atoms with Crippen LogP contribution in [0.2, 0.25) is 10.3 Å². The molecule has 0 aliphatic rings. The molecular formula is C8H9Cl2FN2. The van der Waals surface area contributed by atoms with E-state index in [0.29, 0.717) is 11.6 Å². The van der Waals surface area contributed by atoms with Crippen LogP contribution in [0.5, 0.6) is 0 Å². The Morgan fingerprint density at radius 1 is 1.46 bits per heavy atom. The van der Waals surface area contributed by atoms with Crippen LogP contribution in [0.1, 0.15) is 12.5 Å². The maximum absolute atomic E-state index is 12.2. The quantitative estimate of drug-likeness (QED) is 0.787.